The largest absolute Gasteiger partial charge is 0.444 e. The summed E-state index contributed by atoms with van der Waals surface area (Å²) in [7, 11) is 0. The molecule has 6 nitrogen and oxygen atoms in total. The lowest BCUT2D eigenvalue weighted by Gasteiger charge is -2.29. The zero-order valence-corrected chi connectivity index (χ0v) is 16.8. The fourth-order valence-electron chi connectivity index (χ4n) is 3.28. The number of halogens is 1. The molecule has 0 bridgehead atoms. The highest BCUT2D eigenvalue weighted by molar-refractivity contribution is 5.90. The van der Waals surface area contributed by atoms with Gasteiger partial charge in [0.05, 0.1) is 12.2 Å². The van der Waals surface area contributed by atoms with E-state index in [2.05, 4.69) is 0 Å². The fraction of sp³-hybridized carbons (Fsp3) is 0.524. The fourth-order valence-corrected chi connectivity index (χ4v) is 3.28. The number of anilines is 1. The van der Waals surface area contributed by atoms with E-state index in [4.69, 9.17) is 9.47 Å². The van der Waals surface area contributed by atoms with Crippen LogP contribution in [0.2, 0.25) is 0 Å². The summed E-state index contributed by atoms with van der Waals surface area (Å²) < 4.78 is 25.4. The third kappa shape index (κ3) is 4.46. The van der Waals surface area contributed by atoms with Gasteiger partial charge >= 0.3 is 12.2 Å². The maximum absolute atomic E-state index is 14.7. The van der Waals surface area contributed by atoms with Crippen molar-refractivity contribution in [3.8, 4) is 0 Å². The normalized spacial score (nSPS) is 20.1. The molecule has 152 valence electrons. The standard InChI is InChI=1S/C21H27FN2O4/c1-5-16-13-24(20(26)27-16)15-6-7-17(18(22)12-15)14-8-10-23(11-9-14)19(25)28-21(2,3)4/h6-8,12,16H,5,9-11,13H2,1-4H3. The lowest BCUT2D eigenvalue weighted by atomic mass is 9.98. The van der Waals surface area contributed by atoms with Crippen LogP contribution < -0.4 is 4.90 Å². The maximum atomic E-state index is 14.7. The number of ether oxygens (including phenoxy) is 2. The van der Waals surface area contributed by atoms with Crippen LogP contribution in [0.15, 0.2) is 24.3 Å². The molecule has 28 heavy (non-hydrogen) atoms. The molecule has 2 amide bonds. The van der Waals surface area contributed by atoms with Crippen molar-refractivity contribution in [3.05, 3.63) is 35.7 Å². The van der Waals surface area contributed by atoms with Crippen LogP contribution in [0.1, 0.15) is 46.1 Å². The van der Waals surface area contributed by atoms with Crippen LogP contribution in [0.25, 0.3) is 5.57 Å². The van der Waals surface area contributed by atoms with Crippen molar-refractivity contribution in [1.29, 1.82) is 0 Å². The Morgan fingerprint density at radius 1 is 1.36 bits per heavy atom. The van der Waals surface area contributed by atoms with E-state index >= 15 is 0 Å². The minimum absolute atomic E-state index is 0.157. The monoisotopic (exact) mass is 390 g/mol. The number of carbonyl (C=O) groups is 2. The highest BCUT2D eigenvalue weighted by Gasteiger charge is 2.32. The third-order valence-corrected chi connectivity index (χ3v) is 4.80. The second kappa shape index (κ2) is 7.81. The first-order chi connectivity index (χ1) is 13.2. The molecule has 0 aromatic heterocycles. The van der Waals surface area contributed by atoms with Gasteiger partial charge in [0, 0.05) is 18.7 Å². The second-order valence-electron chi connectivity index (χ2n) is 8.09. The van der Waals surface area contributed by atoms with E-state index in [-0.39, 0.29) is 18.0 Å². The molecule has 1 unspecified atom stereocenters. The lowest BCUT2D eigenvalue weighted by Crippen LogP contribution is -2.39. The van der Waals surface area contributed by atoms with Gasteiger partial charge in [0.2, 0.25) is 0 Å². The molecular formula is C21H27FN2O4. The van der Waals surface area contributed by atoms with Crippen LogP contribution in [0.4, 0.5) is 19.7 Å². The number of rotatable bonds is 3. The summed E-state index contributed by atoms with van der Waals surface area (Å²) in [5, 5.41) is 0. The molecule has 2 heterocycles. The highest BCUT2D eigenvalue weighted by atomic mass is 19.1. The Morgan fingerprint density at radius 3 is 2.64 bits per heavy atom. The molecular weight excluding hydrogens is 363 g/mol. The lowest BCUT2D eigenvalue weighted by molar-refractivity contribution is 0.0270. The highest BCUT2D eigenvalue weighted by Crippen LogP contribution is 2.30. The van der Waals surface area contributed by atoms with E-state index < -0.39 is 11.7 Å². The van der Waals surface area contributed by atoms with Gasteiger partial charge < -0.3 is 14.4 Å². The number of carbonyl (C=O) groups excluding carboxylic acids is 2. The van der Waals surface area contributed by atoms with Gasteiger partial charge in [-0.1, -0.05) is 13.0 Å². The van der Waals surface area contributed by atoms with Crippen molar-refractivity contribution in [2.45, 2.75) is 52.2 Å². The average Bonchev–Trinajstić information content (AvgIpc) is 3.01. The van der Waals surface area contributed by atoms with Gasteiger partial charge in [0.25, 0.3) is 0 Å². The van der Waals surface area contributed by atoms with Gasteiger partial charge in [-0.3, -0.25) is 4.90 Å². The molecule has 0 N–H and O–H groups in total. The quantitative estimate of drug-likeness (QED) is 0.758. The minimum atomic E-state index is -0.545. The zero-order valence-electron chi connectivity index (χ0n) is 16.8. The first-order valence-corrected chi connectivity index (χ1v) is 9.63. The SMILES string of the molecule is CCC1CN(c2ccc(C3=CCN(C(=O)OC(C)(C)C)CC3)c(F)c2)C(=O)O1. The Kier molecular flexibility index (Phi) is 5.63. The number of hydrogen-bond acceptors (Lipinski definition) is 4. The van der Waals surface area contributed by atoms with Crippen molar-refractivity contribution in [1.82, 2.24) is 4.90 Å². The van der Waals surface area contributed by atoms with Crippen LogP contribution in [0.3, 0.4) is 0 Å². The molecule has 2 aliphatic heterocycles. The number of cyclic esters (lactones) is 1. The summed E-state index contributed by atoms with van der Waals surface area (Å²) in [6.07, 6.45) is 2.15. The van der Waals surface area contributed by atoms with Crippen LogP contribution in [0, 0.1) is 5.82 Å². The smallest absolute Gasteiger partial charge is 0.414 e. The summed E-state index contributed by atoms with van der Waals surface area (Å²) in [6.45, 7) is 8.70. The molecule has 1 saturated heterocycles. The van der Waals surface area contributed by atoms with Crippen LogP contribution in [-0.2, 0) is 9.47 Å². The van der Waals surface area contributed by atoms with E-state index in [1.165, 1.54) is 11.0 Å². The summed E-state index contributed by atoms with van der Waals surface area (Å²) >= 11 is 0. The Morgan fingerprint density at radius 2 is 2.11 bits per heavy atom. The van der Waals surface area contributed by atoms with Crippen molar-refractivity contribution in [3.63, 3.8) is 0 Å². The minimum Gasteiger partial charge on any atom is -0.444 e. The van der Waals surface area contributed by atoms with E-state index in [0.29, 0.717) is 37.3 Å². The molecule has 0 saturated carbocycles. The molecule has 2 aliphatic rings. The molecule has 3 rings (SSSR count). The summed E-state index contributed by atoms with van der Waals surface area (Å²) in [5.41, 5.74) is 1.29. The Labute approximate surface area is 164 Å². The van der Waals surface area contributed by atoms with E-state index in [9.17, 15) is 14.0 Å². The molecule has 0 radical (unpaired) electrons. The molecule has 1 atom stereocenters. The van der Waals surface area contributed by atoms with Crippen molar-refractivity contribution in [2.75, 3.05) is 24.5 Å². The van der Waals surface area contributed by atoms with E-state index in [0.717, 1.165) is 12.0 Å². The Balaban J connectivity index is 1.70. The number of nitrogens with zero attached hydrogens (tertiary/aromatic N) is 2. The first kappa shape index (κ1) is 20.2. The van der Waals surface area contributed by atoms with Crippen LogP contribution >= 0.6 is 0 Å². The molecule has 7 heteroatoms. The van der Waals surface area contributed by atoms with Gasteiger partial charge in [-0.15, -0.1) is 0 Å². The van der Waals surface area contributed by atoms with Crippen LogP contribution in [0.5, 0.6) is 0 Å². The third-order valence-electron chi connectivity index (χ3n) is 4.80. The van der Waals surface area contributed by atoms with E-state index in [1.54, 1.807) is 17.0 Å². The van der Waals surface area contributed by atoms with Gasteiger partial charge in [0.1, 0.15) is 17.5 Å². The Hall–Kier alpha value is -2.57. The molecule has 1 fully saturated rings. The van der Waals surface area contributed by atoms with Gasteiger partial charge in [-0.2, -0.15) is 0 Å². The molecule has 0 aliphatic carbocycles. The number of hydrogen-bond donors (Lipinski definition) is 0. The summed E-state index contributed by atoms with van der Waals surface area (Å²) in [5.74, 6) is -0.387. The number of benzene rings is 1. The van der Waals surface area contributed by atoms with Crippen molar-refractivity contribution in [2.24, 2.45) is 0 Å². The van der Waals surface area contributed by atoms with Gasteiger partial charge in [-0.25, -0.2) is 14.0 Å². The summed E-state index contributed by atoms with van der Waals surface area (Å²) in [4.78, 5) is 27.2. The molecule has 1 aromatic rings. The molecule has 1 aromatic carbocycles. The summed E-state index contributed by atoms with van der Waals surface area (Å²) in [6, 6.07) is 4.79. The van der Waals surface area contributed by atoms with E-state index in [1.807, 2.05) is 33.8 Å². The second-order valence-corrected chi connectivity index (χ2v) is 8.09. The zero-order chi connectivity index (χ0) is 20.5. The predicted molar refractivity (Wildman–Crippen MR) is 105 cm³/mol. The first-order valence-electron chi connectivity index (χ1n) is 9.63. The predicted octanol–water partition coefficient (Wildman–Crippen LogP) is 4.59. The number of amides is 2. The Bertz CT molecular complexity index is 800. The maximum Gasteiger partial charge on any atom is 0.414 e. The molecule has 0 spiro atoms. The van der Waals surface area contributed by atoms with Crippen molar-refractivity contribution < 1.29 is 23.5 Å². The van der Waals surface area contributed by atoms with Crippen molar-refractivity contribution >= 4 is 23.4 Å². The van der Waals surface area contributed by atoms with Gasteiger partial charge in [0.15, 0.2) is 0 Å². The van der Waals surface area contributed by atoms with Crippen LogP contribution in [-0.4, -0.2) is 48.4 Å². The average molecular weight is 390 g/mol. The topological polar surface area (TPSA) is 59.1 Å². The van der Waals surface area contributed by atoms with Gasteiger partial charge in [-0.05, 0) is 57.4 Å².